The van der Waals surface area contributed by atoms with Gasteiger partial charge in [-0.1, -0.05) is 115 Å². The summed E-state index contributed by atoms with van der Waals surface area (Å²) in [6.45, 7) is 0. The van der Waals surface area contributed by atoms with E-state index in [0.717, 1.165) is 100 Å². The molecule has 0 atom stereocenters. The molecule has 280 valence electrons. The van der Waals surface area contributed by atoms with Crippen molar-refractivity contribution in [2.45, 2.75) is 0 Å². The lowest BCUT2D eigenvalue weighted by molar-refractivity contribution is 1.04. The van der Waals surface area contributed by atoms with Crippen molar-refractivity contribution in [1.29, 1.82) is 0 Å². The van der Waals surface area contributed by atoms with Crippen LogP contribution < -0.4 is 0 Å². The number of rotatable bonds is 5. The molecule has 0 amide bonds. The van der Waals surface area contributed by atoms with Gasteiger partial charge in [0.15, 0.2) is 5.82 Å². The van der Waals surface area contributed by atoms with Gasteiger partial charge in [-0.05, 0) is 106 Å². The van der Waals surface area contributed by atoms with Crippen molar-refractivity contribution in [3.63, 3.8) is 0 Å². The van der Waals surface area contributed by atoms with Gasteiger partial charge in [0.05, 0.1) is 61.4 Å². The summed E-state index contributed by atoms with van der Waals surface area (Å²) in [6, 6.07) is 66.1. The number of hydrogen-bond acceptors (Lipinski definition) is 4. The van der Waals surface area contributed by atoms with Crippen LogP contribution in [0.3, 0.4) is 0 Å². The van der Waals surface area contributed by atoms with Crippen LogP contribution in [0.25, 0.3) is 112 Å². The first-order valence-electron chi connectivity index (χ1n) is 20.1. The molecule has 13 aromatic rings. The lowest BCUT2D eigenvalue weighted by atomic mass is 10.00. The molecular formula is C52H32N8. The van der Waals surface area contributed by atoms with Crippen molar-refractivity contribution in [2.24, 2.45) is 0 Å². The van der Waals surface area contributed by atoms with Gasteiger partial charge in [-0.15, -0.1) is 0 Å². The van der Waals surface area contributed by atoms with E-state index < -0.39 is 0 Å². The minimum absolute atomic E-state index is 0.724. The summed E-state index contributed by atoms with van der Waals surface area (Å²) >= 11 is 0. The smallest absolute Gasteiger partial charge is 0.221 e. The Kier molecular flexibility index (Phi) is 6.85. The van der Waals surface area contributed by atoms with Crippen LogP contribution in [-0.4, -0.2) is 37.9 Å². The summed E-state index contributed by atoms with van der Waals surface area (Å²) in [6.07, 6.45) is 1.84. The van der Waals surface area contributed by atoms with Crippen LogP contribution in [0, 0.1) is 0 Å². The second kappa shape index (κ2) is 12.6. The van der Waals surface area contributed by atoms with Crippen LogP contribution >= 0.6 is 0 Å². The number of para-hydroxylation sites is 6. The summed E-state index contributed by atoms with van der Waals surface area (Å²) < 4.78 is 8.94. The Morgan fingerprint density at radius 2 is 0.783 bits per heavy atom. The van der Waals surface area contributed by atoms with E-state index in [1.54, 1.807) is 0 Å². The molecule has 0 saturated carbocycles. The molecule has 8 nitrogen and oxygen atoms in total. The zero-order valence-electron chi connectivity index (χ0n) is 32.1. The molecule has 0 bridgehead atoms. The summed E-state index contributed by atoms with van der Waals surface area (Å²) in [5.74, 6) is 2.39. The molecule has 0 aliphatic heterocycles. The molecule has 0 spiro atoms. The van der Waals surface area contributed by atoms with Crippen LogP contribution in [0.1, 0.15) is 0 Å². The maximum atomic E-state index is 5.23. The van der Waals surface area contributed by atoms with E-state index in [9.17, 15) is 0 Å². The van der Waals surface area contributed by atoms with Gasteiger partial charge in [0.25, 0.3) is 0 Å². The zero-order chi connectivity index (χ0) is 39.3. The highest BCUT2D eigenvalue weighted by molar-refractivity contribution is 5.97. The van der Waals surface area contributed by atoms with Crippen molar-refractivity contribution in [3.8, 4) is 44.9 Å². The monoisotopic (exact) mass is 768 g/mol. The van der Waals surface area contributed by atoms with Gasteiger partial charge in [0.1, 0.15) is 0 Å². The van der Waals surface area contributed by atoms with Crippen molar-refractivity contribution in [1.82, 2.24) is 37.9 Å². The van der Waals surface area contributed by atoms with Gasteiger partial charge >= 0.3 is 0 Å². The van der Waals surface area contributed by atoms with Gasteiger partial charge in [-0.3, -0.25) is 22.9 Å². The fourth-order valence-corrected chi connectivity index (χ4v) is 9.01. The van der Waals surface area contributed by atoms with E-state index in [2.05, 4.69) is 176 Å². The highest BCUT2D eigenvalue weighted by Crippen LogP contribution is 2.36. The Hall–Kier alpha value is -8.36. The highest BCUT2D eigenvalue weighted by atomic mass is 15.2. The first kappa shape index (κ1) is 32.7. The number of nitrogens with zero attached hydrogens (tertiary/aromatic N) is 8. The number of aromatic nitrogens is 8. The minimum atomic E-state index is 0.724. The van der Waals surface area contributed by atoms with Crippen molar-refractivity contribution in [3.05, 3.63) is 194 Å². The Balaban J connectivity index is 0.983. The number of fused-ring (bicyclic) bond motifs is 11. The average Bonchev–Trinajstić information content (AvgIpc) is 4.05. The molecular weight excluding hydrogens is 737 g/mol. The van der Waals surface area contributed by atoms with E-state index in [1.165, 1.54) is 11.1 Å². The second-order valence-corrected chi connectivity index (χ2v) is 15.3. The Morgan fingerprint density at radius 3 is 1.45 bits per heavy atom. The largest absolute Gasteiger partial charge is 0.278 e. The SMILES string of the molecule is c1ccc(-c2ccc(-c3cccc(-n4c5ccc(-c6ccc7c(c6)n6c8ccccc8nc6n7-c6cnc7ccccc7n6)cc5n5c6ccccc6nc45)c3)cc2)cc1. The molecule has 8 heteroatoms. The quantitative estimate of drug-likeness (QED) is 0.175. The maximum absolute atomic E-state index is 5.23. The normalized spacial score (nSPS) is 12.0. The molecule has 5 aromatic heterocycles. The molecule has 13 rings (SSSR count). The highest BCUT2D eigenvalue weighted by Gasteiger charge is 2.21. The molecule has 0 radical (unpaired) electrons. The van der Waals surface area contributed by atoms with Gasteiger partial charge in [-0.2, -0.15) is 0 Å². The van der Waals surface area contributed by atoms with E-state index in [0.29, 0.717) is 0 Å². The van der Waals surface area contributed by atoms with Crippen molar-refractivity contribution < 1.29 is 0 Å². The molecule has 5 heterocycles. The molecule has 0 N–H and O–H groups in total. The first-order chi connectivity index (χ1) is 29.7. The topological polar surface area (TPSA) is 70.2 Å². The summed E-state index contributed by atoms with van der Waals surface area (Å²) in [5, 5.41) is 0. The average molecular weight is 769 g/mol. The number of benzene rings is 8. The van der Waals surface area contributed by atoms with Crippen LogP contribution in [-0.2, 0) is 0 Å². The van der Waals surface area contributed by atoms with Gasteiger partial charge < -0.3 is 0 Å². The predicted molar refractivity (Wildman–Crippen MR) is 242 cm³/mol. The number of hydrogen-bond donors (Lipinski definition) is 0. The van der Waals surface area contributed by atoms with Crippen molar-refractivity contribution in [2.75, 3.05) is 0 Å². The Labute approximate surface area is 342 Å². The molecule has 0 aliphatic carbocycles. The fraction of sp³-hybridized carbons (Fsp3) is 0. The lowest BCUT2D eigenvalue weighted by Gasteiger charge is -2.10. The molecule has 8 aromatic carbocycles. The van der Waals surface area contributed by atoms with Crippen LogP contribution in [0.15, 0.2) is 194 Å². The van der Waals surface area contributed by atoms with Crippen LogP contribution in [0.2, 0.25) is 0 Å². The third-order valence-corrected chi connectivity index (χ3v) is 11.8. The zero-order valence-corrected chi connectivity index (χ0v) is 32.1. The lowest BCUT2D eigenvalue weighted by Crippen LogP contribution is -2.00. The molecule has 60 heavy (non-hydrogen) atoms. The third kappa shape index (κ3) is 4.85. The summed E-state index contributed by atoms with van der Waals surface area (Å²) in [7, 11) is 0. The first-order valence-corrected chi connectivity index (χ1v) is 20.1. The second-order valence-electron chi connectivity index (χ2n) is 15.3. The van der Waals surface area contributed by atoms with Gasteiger partial charge in [0, 0.05) is 5.69 Å². The fourth-order valence-electron chi connectivity index (χ4n) is 9.01. The van der Waals surface area contributed by atoms with E-state index >= 15 is 0 Å². The maximum Gasteiger partial charge on any atom is 0.221 e. The van der Waals surface area contributed by atoms with E-state index in [-0.39, 0.29) is 0 Å². The Morgan fingerprint density at radius 1 is 0.300 bits per heavy atom. The van der Waals surface area contributed by atoms with Gasteiger partial charge in [0.2, 0.25) is 11.6 Å². The Bertz CT molecular complexity index is 3830. The minimum Gasteiger partial charge on any atom is -0.278 e. The van der Waals surface area contributed by atoms with E-state index in [4.69, 9.17) is 19.9 Å². The van der Waals surface area contributed by atoms with Crippen molar-refractivity contribution >= 4 is 66.7 Å². The van der Waals surface area contributed by atoms with E-state index in [1.807, 2.05) is 36.5 Å². The molecule has 0 unspecified atom stereocenters. The third-order valence-electron chi connectivity index (χ3n) is 11.8. The summed E-state index contributed by atoms with van der Waals surface area (Å²) in [4.78, 5) is 20.2. The van der Waals surface area contributed by atoms with Crippen LogP contribution in [0.5, 0.6) is 0 Å². The molecule has 0 saturated heterocycles. The van der Waals surface area contributed by atoms with Gasteiger partial charge in [-0.25, -0.2) is 15.0 Å². The predicted octanol–water partition coefficient (Wildman–Crippen LogP) is 12.1. The summed E-state index contributed by atoms with van der Waals surface area (Å²) in [5.41, 5.74) is 17.8. The number of imidazole rings is 4. The molecule has 0 aliphatic rings. The molecule has 0 fully saturated rings. The van der Waals surface area contributed by atoms with Crippen LogP contribution in [0.4, 0.5) is 0 Å². The standard InChI is InChI=1S/C52H32N8/c1-2-11-33(12-3-1)34-21-23-35(24-22-34)36-13-10-14-39(29-36)57-46-27-25-37(30-48(46)58-44-19-8-6-17-42(44)55-51(57)58)38-26-28-47-49(31-38)59-45-20-9-7-18-43(45)56-52(59)60(47)50-32-53-40-15-4-5-16-41(40)54-50/h1-32H.